The Morgan fingerprint density at radius 1 is 1.12 bits per heavy atom. The number of halogens is 1. The SMILES string of the molecule is CCCC1CC(CN(C)C2CCN(c3ccc(NC(=O)Cc4cccc(Cl)c4)cc3)CC2)NN1. The number of piperidine rings is 1. The number of hydrogen-bond donors (Lipinski definition) is 3. The maximum absolute atomic E-state index is 12.4. The maximum atomic E-state index is 12.4. The Hall–Kier alpha value is -2.12. The summed E-state index contributed by atoms with van der Waals surface area (Å²) in [5, 5.41) is 3.64. The highest BCUT2D eigenvalue weighted by Crippen LogP contribution is 2.24. The van der Waals surface area contributed by atoms with Crippen molar-refractivity contribution in [2.24, 2.45) is 0 Å². The Kier molecular flexibility index (Phi) is 8.84. The minimum atomic E-state index is -0.0353. The molecule has 3 N–H and O–H groups in total. The first-order chi connectivity index (χ1) is 16.5. The highest BCUT2D eigenvalue weighted by molar-refractivity contribution is 6.30. The van der Waals surface area contributed by atoms with Gasteiger partial charge in [0.2, 0.25) is 5.91 Å². The van der Waals surface area contributed by atoms with Crippen LogP contribution >= 0.6 is 11.6 Å². The fourth-order valence-corrected chi connectivity index (χ4v) is 5.42. The summed E-state index contributed by atoms with van der Waals surface area (Å²) in [6, 6.07) is 17.4. The van der Waals surface area contributed by atoms with Gasteiger partial charge in [0.05, 0.1) is 6.42 Å². The van der Waals surface area contributed by atoms with Gasteiger partial charge in [0, 0.05) is 54.2 Å². The minimum Gasteiger partial charge on any atom is -0.371 e. The number of amides is 1. The van der Waals surface area contributed by atoms with Crippen LogP contribution in [0.5, 0.6) is 0 Å². The molecule has 2 heterocycles. The second-order valence-electron chi connectivity index (χ2n) is 9.77. The first kappa shape index (κ1) is 25.0. The number of nitrogens with zero attached hydrogens (tertiary/aromatic N) is 2. The van der Waals surface area contributed by atoms with E-state index < -0.39 is 0 Å². The van der Waals surface area contributed by atoms with Crippen LogP contribution in [0, 0.1) is 0 Å². The molecule has 0 radical (unpaired) electrons. The summed E-state index contributed by atoms with van der Waals surface area (Å²) in [5.74, 6) is -0.0353. The third kappa shape index (κ3) is 6.95. The lowest BCUT2D eigenvalue weighted by atomic mass is 10.0. The van der Waals surface area contributed by atoms with Crippen molar-refractivity contribution < 1.29 is 4.79 Å². The van der Waals surface area contributed by atoms with Crippen molar-refractivity contribution in [2.45, 2.75) is 63.6 Å². The van der Waals surface area contributed by atoms with Crippen LogP contribution in [0.25, 0.3) is 0 Å². The summed E-state index contributed by atoms with van der Waals surface area (Å²) in [6.07, 6.45) is 6.36. The fourth-order valence-electron chi connectivity index (χ4n) is 5.21. The molecule has 2 aromatic carbocycles. The van der Waals surface area contributed by atoms with E-state index in [4.69, 9.17) is 11.6 Å². The molecule has 1 amide bonds. The van der Waals surface area contributed by atoms with Crippen molar-refractivity contribution in [3.05, 3.63) is 59.1 Å². The Morgan fingerprint density at radius 3 is 2.56 bits per heavy atom. The molecule has 2 atom stereocenters. The zero-order chi connectivity index (χ0) is 23.9. The van der Waals surface area contributed by atoms with Crippen molar-refractivity contribution in [2.75, 3.05) is 36.9 Å². The Morgan fingerprint density at radius 2 is 1.85 bits per heavy atom. The Bertz CT molecular complexity index is 929. The lowest BCUT2D eigenvalue weighted by Crippen LogP contribution is -2.47. The molecular formula is C27H38ClN5O. The molecule has 2 saturated heterocycles. The number of carbonyl (C=O) groups excluding carboxylic acids is 1. The van der Waals surface area contributed by atoms with Crippen LogP contribution in [0.15, 0.2) is 48.5 Å². The highest BCUT2D eigenvalue weighted by Gasteiger charge is 2.28. The molecule has 0 aliphatic carbocycles. The normalized spacial score (nSPS) is 21.2. The van der Waals surface area contributed by atoms with E-state index in [0.717, 1.165) is 30.9 Å². The average Bonchev–Trinajstić information content (AvgIpc) is 3.26. The second kappa shape index (κ2) is 12.0. The first-order valence-electron chi connectivity index (χ1n) is 12.6. The third-order valence-electron chi connectivity index (χ3n) is 7.06. The lowest BCUT2D eigenvalue weighted by molar-refractivity contribution is -0.115. The molecule has 0 spiro atoms. The van der Waals surface area contributed by atoms with E-state index in [-0.39, 0.29) is 5.91 Å². The van der Waals surface area contributed by atoms with Gasteiger partial charge < -0.3 is 15.1 Å². The number of anilines is 2. The largest absolute Gasteiger partial charge is 0.371 e. The van der Waals surface area contributed by atoms with Crippen molar-refractivity contribution in [1.29, 1.82) is 0 Å². The van der Waals surface area contributed by atoms with Gasteiger partial charge in [-0.25, -0.2) is 0 Å². The van der Waals surface area contributed by atoms with Gasteiger partial charge >= 0.3 is 0 Å². The molecule has 0 aromatic heterocycles. The summed E-state index contributed by atoms with van der Waals surface area (Å²) >= 11 is 6.02. The zero-order valence-electron chi connectivity index (χ0n) is 20.4. The van der Waals surface area contributed by atoms with E-state index >= 15 is 0 Å². The van der Waals surface area contributed by atoms with Gasteiger partial charge in [-0.2, -0.15) is 0 Å². The van der Waals surface area contributed by atoms with Gasteiger partial charge in [-0.3, -0.25) is 15.6 Å². The number of hydrazine groups is 1. The topological polar surface area (TPSA) is 59.6 Å². The molecule has 0 bridgehead atoms. The number of hydrogen-bond acceptors (Lipinski definition) is 5. The molecule has 7 heteroatoms. The summed E-state index contributed by atoms with van der Waals surface area (Å²) in [5.41, 5.74) is 9.91. The van der Waals surface area contributed by atoms with E-state index in [1.165, 1.54) is 37.8 Å². The van der Waals surface area contributed by atoms with Crippen molar-refractivity contribution >= 4 is 28.9 Å². The van der Waals surface area contributed by atoms with Gasteiger partial charge in [-0.15, -0.1) is 0 Å². The molecule has 2 aliphatic rings. The summed E-state index contributed by atoms with van der Waals surface area (Å²) in [7, 11) is 2.27. The van der Waals surface area contributed by atoms with Crippen LogP contribution in [0.3, 0.4) is 0 Å². The van der Waals surface area contributed by atoms with Crippen LogP contribution in [0.2, 0.25) is 5.02 Å². The van der Waals surface area contributed by atoms with Gasteiger partial charge in [0.25, 0.3) is 0 Å². The monoisotopic (exact) mass is 483 g/mol. The summed E-state index contributed by atoms with van der Waals surface area (Å²) < 4.78 is 0. The van der Waals surface area contributed by atoms with Crippen LogP contribution in [0.4, 0.5) is 11.4 Å². The van der Waals surface area contributed by atoms with Crippen LogP contribution in [-0.2, 0) is 11.2 Å². The molecule has 184 valence electrons. The smallest absolute Gasteiger partial charge is 0.228 e. The molecule has 0 saturated carbocycles. The Labute approximate surface area is 209 Å². The van der Waals surface area contributed by atoms with E-state index in [1.807, 2.05) is 36.4 Å². The standard InChI is InChI=1S/C27H38ClN5O/c1-3-5-23-18-24(31-30-23)19-32(2)25-12-14-33(15-13-25)26-10-8-22(9-11-26)29-27(34)17-20-6-4-7-21(28)16-20/h4,6-11,16,23-25,30-31H,3,5,12-15,17-19H2,1-2H3,(H,29,34). The van der Waals surface area contributed by atoms with Crippen LogP contribution in [0.1, 0.15) is 44.6 Å². The molecule has 34 heavy (non-hydrogen) atoms. The van der Waals surface area contributed by atoms with Crippen LogP contribution < -0.4 is 21.1 Å². The number of carbonyl (C=O) groups is 1. The average molecular weight is 484 g/mol. The van der Waals surface area contributed by atoms with Crippen molar-refractivity contribution in [1.82, 2.24) is 15.8 Å². The predicted molar refractivity (Wildman–Crippen MR) is 141 cm³/mol. The predicted octanol–water partition coefficient (Wildman–Crippen LogP) is 4.46. The minimum absolute atomic E-state index is 0.0353. The van der Waals surface area contributed by atoms with E-state index in [1.54, 1.807) is 0 Å². The quantitative estimate of drug-likeness (QED) is 0.491. The number of nitrogens with one attached hydrogen (secondary N) is 3. The van der Waals surface area contributed by atoms with Crippen LogP contribution in [-0.4, -0.2) is 55.6 Å². The molecule has 2 unspecified atom stereocenters. The lowest BCUT2D eigenvalue weighted by Gasteiger charge is -2.38. The van der Waals surface area contributed by atoms with E-state index in [2.05, 4.69) is 52.1 Å². The maximum Gasteiger partial charge on any atom is 0.228 e. The third-order valence-corrected chi connectivity index (χ3v) is 7.30. The number of benzene rings is 2. The van der Waals surface area contributed by atoms with Crippen molar-refractivity contribution in [3.63, 3.8) is 0 Å². The zero-order valence-corrected chi connectivity index (χ0v) is 21.2. The highest BCUT2D eigenvalue weighted by atomic mass is 35.5. The van der Waals surface area contributed by atoms with E-state index in [9.17, 15) is 4.79 Å². The van der Waals surface area contributed by atoms with Gasteiger partial charge in [0.1, 0.15) is 0 Å². The molecule has 2 aromatic rings. The van der Waals surface area contributed by atoms with Gasteiger partial charge in [-0.1, -0.05) is 37.1 Å². The van der Waals surface area contributed by atoms with Crippen molar-refractivity contribution in [3.8, 4) is 0 Å². The number of rotatable bonds is 9. The molecule has 2 aliphatic heterocycles. The summed E-state index contributed by atoms with van der Waals surface area (Å²) in [4.78, 5) is 17.4. The molecule has 6 nitrogen and oxygen atoms in total. The first-order valence-corrected chi connectivity index (χ1v) is 13.0. The summed E-state index contributed by atoms with van der Waals surface area (Å²) in [6.45, 7) is 5.47. The van der Waals surface area contributed by atoms with Gasteiger partial charge in [-0.05, 0) is 74.7 Å². The molecule has 4 rings (SSSR count). The molecule has 2 fully saturated rings. The Balaban J connectivity index is 1.21. The fraction of sp³-hybridized carbons (Fsp3) is 0.519. The van der Waals surface area contributed by atoms with Gasteiger partial charge in [0.15, 0.2) is 0 Å². The number of likely N-dealkylation sites (N-methyl/N-ethyl adjacent to an activating group) is 1. The molecular weight excluding hydrogens is 446 g/mol. The second-order valence-corrected chi connectivity index (χ2v) is 10.2. The van der Waals surface area contributed by atoms with E-state index in [0.29, 0.717) is 29.6 Å².